The predicted octanol–water partition coefficient (Wildman–Crippen LogP) is 9.60. The van der Waals surface area contributed by atoms with Crippen LogP contribution >= 0.6 is 0 Å². The molecule has 0 aromatic heterocycles. The van der Waals surface area contributed by atoms with E-state index in [4.69, 9.17) is 9.47 Å². The lowest BCUT2D eigenvalue weighted by Crippen LogP contribution is -2.04. The third kappa shape index (κ3) is 6.63. The number of ether oxygens (including phenoxy) is 2. The molecule has 226 valence electrons. The number of hydrogen-bond acceptors (Lipinski definition) is 5. The first-order chi connectivity index (χ1) is 22.6. The van der Waals surface area contributed by atoms with Crippen LogP contribution in [0.25, 0.3) is 33.4 Å². The zero-order chi connectivity index (χ0) is 31.9. The van der Waals surface area contributed by atoms with Gasteiger partial charge in [-0.25, -0.2) is 0 Å². The molecule has 5 nitrogen and oxygen atoms in total. The van der Waals surface area contributed by atoms with Crippen LogP contribution in [0.2, 0.25) is 0 Å². The van der Waals surface area contributed by atoms with Crippen molar-refractivity contribution in [1.82, 2.24) is 0 Å². The second-order valence-electron chi connectivity index (χ2n) is 11.0. The van der Waals surface area contributed by atoms with Crippen molar-refractivity contribution >= 4 is 11.4 Å². The number of aliphatic hydroxyl groups excluding tert-OH is 1. The van der Waals surface area contributed by atoms with Gasteiger partial charge >= 0.3 is 0 Å². The fourth-order valence-electron chi connectivity index (χ4n) is 5.56. The van der Waals surface area contributed by atoms with Gasteiger partial charge in [-0.05, 0) is 98.6 Å². The zero-order valence-corrected chi connectivity index (χ0v) is 25.8. The Balaban J connectivity index is 1.34. The van der Waals surface area contributed by atoms with Crippen LogP contribution in [0.5, 0.6) is 11.5 Å². The molecule has 0 radical (unpaired) electrons. The summed E-state index contributed by atoms with van der Waals surface area (Å²) >= 11 is 0. The summed E-state index contributed by atoms with van der Waals surface area (Å²) < 4.78 is 10.7. The molecule has 0 fully saturated rings. The van der Waals surface area contributed by atoms with E-state index >= 15 is 0 Å². The maximum Gasteiger partial charge on any atom is 0.118 e. The third-order valence-corrected chi connectivity index (χ3v) is 8.22. The van der Waals surface area contributed by atoms with Gasteiger partial charge in [0.05, 0.1) is 32.8 Å². The normalized spacial score (nSPS) is 11.3. The number of nitrogens with zero attached hydrogens (tertiary/aromatic N) is 1. The Morgan fingerprint density at radius 1 is 0.587 bits per heavy atom. The minimum atomic E-state index is -0.505. The van der Waals surface area contributed by atoms with Gasteiger partial charge < -0.3 is 19.9 Å². The van der Waals surface area contributed by atoms with Crippen LogP contribution in [0.4, 0.5) is 11.4 Å². The highest BCUT2D eigenvalue weighted by Crippen LogP contribution is 2.37. The average Bonchev–Trinajstić information content (AvgIpc) is 3.13. The summed E-state index contributed by atoms with van der Waals surface area (Å²) in [5.74, 6) is 1.10. The molecule has 0 aliphatic carbocycles. The summed E-state index contributed by atoms with van der Waals surface area (Å²) in [5.41, 5.74) is 10.8. The summed E-state index contributed by atoms with van der Waals surface area (Å²) in [5, 5.41) is 23.5. The molecule has 2 N–H and O–H groups in total. The highest BCUT2D eigenvalue weighted by atomic mass is 16.5. The molecule has 46 heavy (non-hydrogen) atoms. The second-order valence-corrected chi connectivity index (χ2v) is 11.0. The van der Waals surface area contributed by atoms with Gasteiger partial charge in [-0.1, -0.05) is 91.0 Å². The van der Waals surface area contributed by atoms with E-state index in [1.807, 2.05) is 103 Å². The summed E-state index contributed by atoms with van der Waals surface area (Å²) in [6.45, 7) is 0.0270. The standard InChI is InChI=1S/C41H34N2O3/c1-45-37-20-13-32(14-21-37)30-7-9-34(10-8-30)40(26-42)39-25-35(33-15-22-38(46-2)23-16-33)17-24-41(39)43-36-18-11-31(12-19-36)29-5-3-28(27-44)4-6-29/h3-25,40,43-44H,27H2,1-2H3. The maximum atomic E-state index is 10.6. The Kier molecular flexibility index (Phi) is 9.10. The molecule has 6 rings (SSSR count). The van der Waals surface area contributed by atoms with Gasteiger partial charge in [0.15, 0.2) is 0 Å². The first kappa shape index (κ1) is 30.2. The quantitative estimate of drug-likeness (QED) is 0.163. The van der Waals surface area contributed by atoms with Crippen molar-refractivity contribution in [3.8, 4) is 50.9 Å². The summed E-state index contributed by atoms with van der Waals surface area (Å²) in [6, 6.07) is 49.0. The molecule has 0 aliphatic heterocycles. The van der Waals surface area contributed by atoms with E-state index in [0.29, 0.717) is 0 Å². The van der Waals surface area contributed by atoms with E-state index in [2.05, 4.69) is 47.8 Å². The number of hydrogen-bond donors (Lipinski definition) is 2. The number of rotatable bonds is 10. The van der Waals surface area contributed by atoms with Crippen LogP contribution in [-0.4, -0.2) is 19.3 Å². The Morgan fingerprint density at radius 2 is 1.02 bits per heavy atom. The lowest BCUT2D eigenvalue weighted by Gasteiger charge is -2.19. The van der Waals surface area contributed by atoms with E-state index in [-0.39, 0.29) is 6.61 Å². The van der Waals surface area contributed by atoms with Gasteiger partial charge in [-0.3, -0.25) is 0 Å². The van der Waals surface area contributed by atoms with E-state index < -0.39 is 5.92 Å². The fourth-order valence-corrected chi connectivity index (χ4v) is 5.56. The minimum Gasteiger partial charge on any atom is -0.497 e. The number of methoxy groups -OCH3 is 2. The molecule has 0 amide bonds. The van der Waals surface area contributed by atoms with Crippen molar-refractivity contribution in [3.63, 3.8) is 0 Å². The van der Waals surface area contributed by atoms with Crippen LogP contribution in [-0.2, 0) is 6.61 Å². The zero-order valence-electron chi connectivity index (χ0n) is 25.8. The average molecular weight is 603 g/mol. The molecule has 6 aromatic carbocycles. The number of anilines is 2. The molecule has 0 heterocycles. The molecule has 5 heteroatoms. The Bertz CT molecular complexity index is 1940. The lowest BCUT2D eigenvalue weighted by molar-refractivity contribution is 0.282. The molecular formula is C41H34N2O3. The van der Waals surface area contributed by atoms with E-state index in [0.717, 1.165) is 72.9 Å². The van der Waals surface area contributed by atoms with Crippen LogP contribution in [0.15, 0.2) is 140 Å². The number of nitriles is 1. The highest BCUT2D eigenvalue weighted by molar-refractivity contribution is 5.75. The topological polar surface area (TPSA) is 74.5 Å². The van der Waals surface area contributed by atoms with Gasteiger partial charge in [0.2, 0.25) is 0 Å². The highest BCUT2D eigenvalue weighted by Gasteiger charge is 2.19. The smallest absolute Gasteiger partial charge is 0.118 e. The summed E-state index contributed by atoms with van der Waals surface area (Å²) in [7, 11) is 3.32. The Morgan fingerprint density at radius 3 is 1.50 bits per heavy atom. The molecule has 0 saturated carbocycles. The first-order valence-electron chi connectivity index (χ1n) is 15.1. The van der Waals surface area contributed by atoms with Gasteiger partial charge in [-0.2, -0.15) is 5.26 Å². The van der Waals surface area contributed by atoms with Crippen molar-refractivity contribution in [2.75, 3.05) is 19.5 Å². The first-order valence-corrected chi connectivity index (χ1v) is 15.1. The van der Waals surface area contributed by atoms with Gasteiger partial charge in [0, 0.05) is 11.4 Å². The molecule has 0 aliphatic rings. The van der Waals surface area contributed by atoms with Crippen molar-refractivity contribution in [1.29, 1.82) is 5.26 Å². The molecule has 1 unspecified atom stereocenters. The van der Waals surface area contributed by atoms with Crippen molar-refractivity contribution in [3.05, 3.63) is 156 Å². The number of nitrogens with one attached hydrogen (secondary N) is 1. The molecular weight excluding hydrogens is 568 g/mol. The van der Waals surface area contributed by atoms with E-state index in [1.54, 1.807) is 14.2 Å². The summed E-state index contributed by atoms with van der Waals surface area (Å²) in [4.78, 5) is 0. The van der Waals surface area contributed by atoms with Crippen molar-refractivity contribution < 1.29 is 14.6 Å². The van der Waals surface area contributed by atoms with Crippen LogP contribution in [0, 0.1) is 11.3 Å². The molecule has 0 bridgehead atoms. The Labute approximate surface area is 270 Å². The minimum absolute atomic E-state index is 0.0270. The van der Waals surface area contributed by atoms with Gasteiger partial charge in [0.1, 0.15) is 11.5 Å². The van der Waals surface area contributed by atoms with E-state index in [1.165, 1.54) is 0 Å². The lowest BCUT2D eigenvalue weighted by atomic mass is 9.88. The van der Waals surface area contributed by atoms with Gasteiger partial charge in [0.25, 0.3) is 0 Å². The fraction of sp³-hybridized carbons (Fsp3) is 0.0976. The monoisotopic (exact) mass is 602 g/mol. The predicted molar refractivity (Wildman–Crippen MR) is 185 cm³/mol. The second kappa shape index (κ2) is 13.9. The van der Waals surface area contributed by atoms with Crippen LogP contribution < -0.4 is 14.8 Å². The van der Waals surface area contributed by atoms with Gasteiger partial charge in [-0.15, -0.1) is 0 Å². The largest absolute Gasteiger partial charge is 0.497 e. The SMILES string of the molecule is COc1ccc(-c2ccc(C(C#N)c3cc(-c4ccc(OC)cc4)ccc3Nc3ccc(-c4ccc(CO)cc4)cc3)cc2)cc1. The number of benzene rings is 6. The van der Waals surface area contributed by atoms with Crippen molar-refractivity contribution in [2.45, 2.75) is 12.5 Å². The van der Waals surface area contributed by atoms with Crippen LogP contribution in [0.3, 0.4) is 0 Å². The molecule has 0 saturated heterocycles. The van der Waals surface area contributed by atoms with Crippen LogP contribution in [0.1, 0.15) is 22.6 Å². The molecule has 1 atom stereocenters. The maximum absolute atomic E-state index is 10.6. The van der Waals surface area contributed by atoms with Crippen molar-refractivity contribution in [2.24, 2.45) is 0 Å². The number of aliphatic hydroxyl groups is 1. The summed E-state index contributed by atoms with van der Waals surface area (Å²) in [6.07, 6.45) is 0. The molecule has 6 aromatic rings. The van der Waals surface area contributed by atoms with E-state index in [9.17, 15) is 10.4 Å². The Hall–Kier alpha value is -5.83. The third-order valence-electron chi connectivity index (χ3n) is 8.22. The molecule has 0 spiro atoms.